The summed E-state index contributed by atoms with van der Waals surface area (Å²) in [5.41, 5.74) is 3.29. The summed E-state index contributed by atoms with van der Waals surface area (Å²) < 4.78 is 16.9. The molecule has 6 heteroatoms. The lowest BCUT2D eigenvalue weighted by Crippen LogP contribution is -2.34. The number of likely N-dealkylation sites (N-methyl/N-ethyl adjacent to an activating group) is 1. The Balaban J connectivity index is 1.69. The van der Waals surface area contributed by atoms with Crippen molar-refractivity contribution in [2.45, 2.75) is 6.04 Å². The van der Waals surface area contributed by atoms with Crippen LogP contribution in [-0.4, -0.2) is 45.7 Å². The van der Waals surface area contributed by atoms with E-state index in [0.717, 1.165) is 27.8 Å². The second-order valence-corrected chi connectivity index (χ2v) is 7.97. The predicted molar refractivity (Wildman–Crippen MR) is 130 cm³/mol. The topological polar surface area (TPSA) is 63.9 Å². The summed E-state index contributed by atoms with van der Waals surface area (Å²) in [4.78, 5) is 15.4. The van der Waals surface area contributed by atoms with Gasteiger partial charge in [0.2, 0.25) is 5.76 Å². The normalized spacial score (nSPS) is 12.0. The van der Waals surface area contributed by atoms with Gasteiger partial charge in [0.05, 0.1) is 20.3 Å². The van der Waals surface area contributed by atoms with Gasteiger partial charge in [0.15, 0.2) is 0 Å². The van der Waals surface area contributed by atoms with Crippen LogP contribution in [0.1, 0.15) is 22.2 Å². The highest BCUT2D eigenvalue weighted by atomic mass is 16.5. The molecule has 0 aliphatic rings. The molecule has 0 spiro atoms. The molecule has 4 aromatic rings. The Kier molecular flexibility index (Phi) is 6.66. The zero-order valence-electron chi connectivity index (χ0n) is 19.3. The lowest BCUT2D eigenvalue weighted by Gasteiger charge is -2.26. The third-order valence-electron chi connectivity index (χ3n) is 5.74. The van der Waals surface area contributed by atoms with Crippen molar-refractivity contribution in [3.8, 4) is 22.6 Å². The molecule has 1 unspecified atom stereocenters. The number of methoxy groups -OCH3 is 2. The fourth-order valence-corrected chi connectivity index (χ4v) is 4.04. The summed E-state index contributed by atoms with van der Waals surface area (Å²) in [6, 6.07) is 23.2. The van der Waals surface area contributed by atoms with Crippen LogP contribution in [0.2, 0.25) is 0 Å². The maximum atomic E-state index is 13.4. The first-order chi connectivity index (χ1) is 16.0. The summed E-state index contributed by atoms with van der Waals surface area (Å²) in [6.07, 6.45) is 0. The average Bonchev–Trinajstić information content (AvgIpc) is 3.23. The molecule has 0 radical (unpaired) electrons. The van der Waals surface area contributed by atoms with E-state index in [1.807, 2.05) is 80.8 Å². The first-order valence-electron chi connectivity index (χ1n) is 10.8. The molecule has 0 bridgehead atoms. The molecule has 1 amide bonds. The highest BCUT2D eigenvalue weighted by molar-refractivity contribution is 6.08. The number of nitrogens with one attached hydrogen (secondary N) is 1. The molecule has 0 saturated heterocycles. The molecule has 0 fully saturated rings. The van der Waals surface area contributed by atoms with Crippen molar-refractivity contribution in [2.75, 3.05) is 34.9 Å². The predicted octanol–water partition coefficient (Wildman–Crippen LogP) is 5.15. The Morgan fingerprint density at radius 2 is 1.70 bits per heavy atom. The Hall–Kier alpha value is -3.77. The molecule has 1 N–H and O–H groups in total. The molecular formula is C27H28N2O4. The lowest BCUT2D eigenvalue weighted by atomic mass is 10.0. The first kappa shape index (κ1) is 22.4. The molecule has 170 valence electrons. The molecule has 1 atom stereocenters. The van der Waals surface area contributed by atoms with Gasteiger partial charge < -0.3 is 24.1 Å². The third-order valence-corrected chi connectivity index (χ3v) is 5.74. The lowest BCUT2D eigenvalue weighted by molar-refractivity contribution is 0.0916. The molecule has 0 saturated carbocycles. The number of nitrogens with zero attached hydrogens (tertiary/aromatic N) is 1. The van der Waals surface area contributed by atoms with Crippen molar-refractivity contribution in [1.29, 1.82) is 0 Å². The minimum atomic E-state index is -0.272. The fraction of sp³-hybridized carbons (Fsp3) is 0.222. The number of rotatable bonds is 8. The molecule has 3 aromatic carbocycles. The SMILES string of the molecule is COc1ccc2c(-c3ccccc3)c(C(=O)NCC(c3ccccc3OC)N(C)C)oc2c1. The van der Waals surface area contributed by atoms with Crippen LogP contribution in [0.5, 0.6) is 11.5 Å². The van der Waals surface area contributed by atoms with Crippen molar-refractivity contribution in [1.82, 2.24) is 10.2 Å². The number of amides is 1. The van der Waals surface area contributed by atoms with Crippen molar-refractivity contribution < 1.29 is 18.7 Å². The van der Waals surface area contributed by atoms with E-state index in [0.29, 0.717) is 17.9 Å². The van der Waals surface area contributed by atoms with Gasteiger partial charge in [-0.05, 0) is 37.9 Å². The van der Waals surface area contributed by atoms with Gasteiger partial charge in [-0.15, -0.1) is 0 Å². The number of ether oxygens (including phenoxy) is 2. The minimum Gasteiger partial charge on any atom is -0.497 e. The Morgan fingerprint density at radius 1 is 0.970 bits per heavy atom. The third kappa shape index (κ3) is 4.56. The Bertz CT molecular complexity index is 1250. The van der Waals surface area contributed by atoms with E-state index in [1.165, 1.54) is 0 Å². The van der Waals surface area contributed by atoms with Gasteiger partial charge >= 0.3 is 0 Å². The number of para-hydroxylation sites is 1. The standard InChI is InChI=1S/C27H28N2O4/c1-29(2)22(20-12-8-9-13-23(20)32-4)17-28-27(30)26-25(18-10-6-5-7-11-18)21-15-14-19(31-3)16-24(21)33-26/h5-16,22H,17H2,1-4H3,(H,28,30). The monoisotopic (exact) mass is 444 g/mol. The van der Waals surface area contributed by atoms with Crippen LogP contribution in [0.15, 0.2) is 77.2 Å². The Labute approximate surface area is 193 Å². The molecule has 1 heterocycles. The summed E-state index contributed by atoms with van der Waals surface area (Å²) in [7, 11) is 7.21. The van der Waals surface area contributed by atoms with Crippen molar-refractivity contribution >= 4 is 16.9 Å². The van der Waals surface area contributed by atoms with Crippen molar-refractivity contribution in [3.63, 3.8) is 0 Å². The van der Waals surface area contributed by atoms with Gasteiger partial charge in [-0.3, -0.25) is 4.79 Å². The second kappa shape index (κ2) is 9.79. The minimum absolute atomic E-state index is 0.0743. The van der Waals surface area contributed by atoms with Gasteiger partial charge in [-0.2, -0.15) is 0 Å². The summed E-state index contributed by atoms with van der Waals surface area (Å²) in [5, 5.41) is 3.93. The van der Waals surface area contributed by atoms with E-state index < -0.39 is 0 Å². The van der Waals surface area contributed by atoms with Crippen LogP contribution < -0.4 is 14.8 Å². The van der Waals surface area contributed by atoms with Crippen LogP contribution in [0.4, 0.5) is 0 Å². The van der Waals surface area contributed by atoms with E-state index in [4.69, 9.17) is 13.9 Å². The van der Waals surface area contributed by atoms with Crippen LogP contribution in [0.3, 0.4) is 0 Å². The maximum absolute atomic E-state index is 13.4. The molecular weight excluding hydrogens is 416 g/mol. The number of hydrogen-bond donors (Lipinski definition) is 1. The highest BCUT2D eigenvalue weighted by Crippen LogP contribution is 2.36. The van der Waals surface area contributed by atoms with E-state index in [9.17, 15) is 4.79 Å². The number of benzene rings is 3. The number of carbonyl (C=O) groups excluding carboxylic acids is 1. The van der Waals surface area contributed by atoms with Crippen LogP contribution in [0, 0.1) is 0 Å². The van der Waals surface area contributed by atoms with Crippen LogP contribution >= 0.6 is 0 Å². The van der Waals surface area contributed by atoms with Crippen molar-refractivity contribution in [2.24, 2.45) is 0 Å². The molecule has 4 rings (SSSR count). The quantitative estimate of drug-likeness (QED) is 0.407. The summed E-state index contributed by atoms with van der Waals surface area (Å²) in [5.74, 6) is 1.46. The number of carbonyl (C=O) groups is 1. The largest absolute Gasteiger partial charge is 0.497 e. The average molecular weight is 445 g/mol. The van der Waals surface area contributed by atoms with Gasteiger partial charge in [0.1, 0.15) is 17.1 Å². The fourth-order valence-electron chi connectivity index (χ4n) is 4.04. The molecule has 0 aliphatic carbocycles. The Morgan fingerprint density at radius 3 is 2.39 bits per heavy atom. The molecule has 1 aromatic heterocycles. The summed E-state index contributed by atoms with van der Waals surface area (Å²) in [6.45, 7) is 0.390. The van der Waals surface area contributed by atoms with E-state index in [1.54, 1.807) is 20.3 Å². The number of hydrogen-bond acceptors (Lipinski definition) is 5. The van der Waals surface area contributed by atoms with E-state index in [2.05, 4.69) is 10.2 Å². The molecule has 6 nitrogen and oxygen atoms in total. The van der Waals surface area contributed by atoms with Crippen molar-refractivity contribution in [3.05, 3.63) is 84.1 Å². The summed E-state index contributed by atoms with van der Waals surface area (Å²) >= 11 is 0. The molecule has 0 aliphatic heterocycles. The zero-order valence-corrected chi connectivity index (χ0v) is 19.3. The zero-order chi connectivity index (χ0) is 23.4. The number of fused-ring (bicyclic) bond motifs is 1. The van der Waals surface area contributed by atoms with Crippen LogP contribution in [-0.2, 0) is 0 Å². The smallest absolute Gasteiger partial charge is 0.287 e. The maximum Gasteiger partial charge on any atom is 0.287 e. The molecule has 33 heavy (non-hydrogen) atoms. The van der Waals surface area contributed by atoms with Gasteiger partial charge in [0.25, 0.3) is 5.91 Å². The number of furan rings is 1. The van der Waals surface area contributed by atoms with Crippen LogP contribution in [0.25, 0.3) is 22.1 Å². The second-order valence-electron chi connectivity index (χ2n) is 7.97. The highest BCUT2D eigenvalue weighted by Gasteiger charge is 2.24. The first-order valence-corrected chi connectivity index (χ1v) is 10.8. The van der Waals surface area contributed by atoms with Gasteiger partial charge in [0, 0.05) is 29.1 Å². The van der Waals surface area contributed by atoms with E-state index in [-0.39, 0.29) is 17.7 Å². The van der Waals surface area contributed by atoms with E-state index >= 15 is 0 Å². The van der Waals surface area contributed by atoms with Gasteiger partial charge in [-0.25, -0.2) is 0 Å². The van der Waals surface area contributed by atoms with Gasteiger partial charge in [-0.1, -0.05) is 48.5 Å².